The van der Waals surface area contributed by atoms with Crippen molar-refractivity contribution in [1.82, 2.24) is 15.0 Å². The molecule has 0 fully saturated rings. The Balaban J connectivity index is 1.73. The Bertz CT molecular complexity index is 839. The van der Waals surface area contributed by atoms with E-state index >= 15 is 0 Å². The van der Waals surface area contributed by atoms with Gasteiger partial charge in [0.1, 0.15) is 12.1 Å². The summed E-state index contributed by atoms with van der Waals surface area (Å²) in [7, 11) is 0. The van der Waals surface area contributed by atoms with Crippen LogP contribution in [0.2, 0.25) is 0 Å². The van der Waals surface area contributed by atoms with Gasteiger partial charge >= 0.3 is 0 Å². The Hall–Kier alpha value is -3.35. The van der Waals surface area contributed by atoms with E-state index in [1.807, 2.05) is 12.1 Å². The van der Waals surface area contributed by atoms with Crippen molar-refractivity contribution in [2.75, 3.05) is 5.32 Å². The van der Waals surface area contributed by atoms with E-state index in [4.69, 9.17) is 0 Å². The zero-order valence-corrected chi connectivity index (χ0v) is 12.8. The summed E-state index contributed by atoms with van der Waals surface area (Å²) in [5, 5.41) is 14.3. The lowest BCUT2D eigenvalue weighted by Gasteiger charge is -2.07. The largest absolute Gasteiger partial charge is 0.366 e. The predicted octanol–water partition coefficient (Wildman–Crippen LogP) is 2.98. The van der Waals surface area contributed by atoms with Crippen molar-refractivity contribution in [3.8, 4) is 0 Å². The van der Waals surface area contributed by atoms with Crippen molar-refractivity contribution in [2.24, 2.45) is 0 Å². The summed E-state index contributed by atoms with van der Waals surface area (Å²) in [4.78, 5) is 23.1. The molecular formula is C17H15N5O2. The Labute approximate surface area is 138 Å². The standard InChI is InChI=1S/C17H15N5O2/c23-22(24)16-4-2-1-3-14(16)9-15-10-17(21-12-20-15)19-11-13-5-7-18-8-6-13/h1-8,10,12H,9,11H2,(H,19,20,21). The minimum Gasteiger partial charge on any atom is -0.366 e. The van der Waals surface area contributed by atoms with E-state index in [-0.39, 0.29) is 10.6 Å². The number of anilines is 1. The van der Waals surface area contributed by atoms with Gasteiger partial charge in [0.05, 0.1) is 10.6 Å². The molecule has 2 heterocycles. The summed E-state index contributed by atoms with van der Waals surface area (Å²) in [6, 6.07) is 12.3. The molecule has 0 spiro atoms. The number of hydrogen-bond acceptors (Lipinski definition) is 6. The highest BCUT2D eigenvalue weighted by Crippen LogP contribution is 2.21. The minimum atomic E-state index is -0.376. The highest BCUT2D eigenvalue weighted by atomic mass is 16.6. The molecule has 0 aliphatic carbocycles. The first kappa shape index (κ1) is 15.5. The lowest BCUT2D eigenvalue weighted by Crippen LogP contribution is -2.04. The van der Waals surface area contributed by atoms with E-state index in [2.05, 4.69) is 20.3 Å². The van der Waals surface area contributed by atoms with Crippen LogP contribution in [0.4, 0.5) is 11.5 Å². The van der Waals surface area contributed by atoms with Gasteiger partial charge in [0, 0.05) is 43.1 Å². The van der Waals surface area contributed by atoms with Gasteiger partial charge in [-0.05, 0) is 17.7 Å². The van der Waals surface area contributed by atoms with Crippen LogP contribution in [0.25, 0.3) is 0 Å². The van der Waals surface area contributed by atoms with Gasteiger partial charge in [-0.25, -0.2) is 9.97 Å². The number of nitro groups is 1. The summed E-state index contributed by atoms with van der Waals surface area (Å²) < 4.78 is 0. The number of rotatable bonds is 6. The number of nitrogens with zero attached hydrogens (tertiary/aromatic N) is 4. The summed E-state index contributed by atoms with van der Waals surface area (Å²) >= 11 is 0. The molecule has 24 heavy (non-hydrogen) atoms. The van der Waals surface area contributed by atoms with Crippen LogP contribution in [0.5, 0.6) is 0 Å². The van der Waals surface area contributed by atoms with Crippen molar-refractivity contribution in [3.63, 3.8) is 0 Å². The van der Waals surface area contributed by atoms with Crippen LogP contribution in [-0.4, -0.2) is 19.9 Å². The Morgan fingerprint density at radius 1 is 1.08 bits per heavy atom. The third-order valence-corrected chi connectivity index (χ3v) is 3.51. The zero-order chi connectivity index (χ0) is 16.8. The Morgan fingerprint density at radius 2 is 1.88 bits per heavy atom. The maximum atomic E-state index is 11.1. The van der Waals surface area contributed by atoms with Crippen molar-refractivity contribution >= 4 is 11.5 Å². The highest BCUT2D eigenvalue weighted by molar-refractivity contribution is 5.44. The Kier molecular flexibility index (Phi) is 4.71. The summed E-state index contributed by atoms with van der Waals surface area (Å²) in [5.74, 6) is 0.676. The molecule has 1 aromatic carbocycles. The molecule has 0 radical (unpaired) electrons. The molecule has 3 aromatic rings. The van der Waals surface area contributed by atoms with Gasteiger partial charge in [-0.15, -0.1) is 0 Å². The van der Waals surface area contributed by atoms with Gasteiger partial charge in [0.15, 0.2) is 0 Å². The molecule has 0 bridgehead atoms. The fraction of sp³-hybridized carbons (Fsp3) is 0.118. The fourth-order valence-electron chi connectivity index (χ4n) is 2.32. The molecule has 2 aromatic heterocycles. The second-order valence-corrected chi connectivity index (χ2v) is 5.17. The molecular weight excluding hydrogens is 306 g/mol. The fourth-order valence-corrected chi connectivity index (χ4v) is 2.32. The summed E-state index contributed by atoms with van der Waals surface area (Å²) in [6.07, 6.45) is 5.30. The molecule has 120 valence electrons. The normalized spacial score (nSPS) is 10.3. The van der Waals surface area contributed by atoms with Gasteiger partial charge in [-0.2, -0.15) is 0 Å². The van der Waals surface area contributed by atoms with Crippen molar-refractivity contribution < 1.29 is 4.92 Å². The monoisotopic (exact) mass is 321 g/mol. The van der Waals surface area contributed by atoms with Crippen LogP contribution in [0.15, 0.2) is 61.2 Å². The number of nitrogens with one attached hydrogen (secondary N) is 1. The number of benzene rings is 1. The minimum absolute atomic E-state index is 0.0995. The third-order valence-electron chi connectivity index (χ3n) is 3.51. The molecule has 0 unspecified atom stereocenters. The first-order chi connectivity index (χ1) is 11.7. The Morgan fingerprint density at radius 3 is 2.67 bits per heavy atom. The van der Waals surface area contributed by atoms with Gasteiger partial charge < -0.3 is 5.32 Å². The quantitative estimate of drug-likeness (QED) is 0.554. The number of hydrogen-bond donors (Lipinski definition) is 1. The molecule has 7 nitrogen and oxygen atoms in total. The molecule has 1 N–H and O–H groups in total. The molecule has 3 rings (SSSR count). The average Bonchev–Trinajstić information content (AvgIpc) is 2.61. The SMILES string of the molecule is O=[N+]([O-])c1ccccc1Cc1cc(NCc2ccncc2)ncn1. The maximum Gasteiger partial charge on any atom is 0.272 e. The van der Waals surface area contributed by atoms with E-state index in [0.717, 1.165) is 11.3 Å². The van der Waals surface area contributed by atoms with Crippen LogP contribution < -0.4 is 5.32 Å². The second kappa shape index (κ2) is 7.28. The number of nitro benzene ring substituents is 1. The number of para-hydroxylation sites is 1. The van der Waals surface area contributed by atoms with Crippen LogP contribution in [-0.2, 0) is 13.0 Å². The number of aromatic nitrogens is 3. The van der Waals surface area contributed by atoms with Crippen LogP contribution in [0.1, 0.15) is 16.8 Å². The number of pyridine rings is 1. The maximum absolute atomic E-state index is 11.1. The summed E-state index contributed by atoms with van der Waals surface area (Å²) in [5.41, 5.74) is 2.53. The molecule has 0 aliphatic rings. The van der Waals surface area contributed by atoms with Gasteiger partial charge in [-0.3, -0.25) is 15.1 Å². The third kappa shape index (κ3) is 3.89. The smallest absolute Gasteiger partial charge is 0.272 e. The van der Waals surface area contributed by atoms with E-state index in [1.54, 1.807) is 36.7 Å². The molecule has 7 heteroatoms. The first-order valence-electron chi connectivity index (χ1n) is 7.38. The molecule has 0 saturated heterocycles. The second-order valence-electron chi connectivity index (χ2n) is 5.17. The van der Waals surface area contributed by atoms with Crippen LogP contribution in [0.3, 0.4) is 0 Å². The first-order valence-corrected chi connectivity index (χ1v) is 7.38. The zero-order valence-electron chi connectivity index (χ0n) is 12.8. The van der Waals surface area contributed by atoms with Crippen molar-refractivity contribution in [2.45, 2.75) is 13.0 Å². The van der Waals surface area contributed by atoms with Crippen LogP contribution >= 0.6 is 0 Å². The molecule has 0 atom stereocenters. The molecule has 0 saturated carbocycles. The lowest BCUT2D eigenvalue weighted by molar-refractivity contribution is -0.385. The summed E-state index contributed by atoms with van der Waals surface area (Å²) in [6.45, 7) is 0.616. The van der Waals surface area contributed by atoms with Gasteiger partial charge in [0.2, 0.25) is 0 Å². The van der Waals surface area contributed by atoms with Gasteiger partial charge in [-0.1, -0.05) is 18.2 Å². The van der Waals surface area contributed by atoms with Crippen LogP contribution in [0, 0.1) is 10.1 Å². The van der Waals surface area contributed by atoms with Crippen molar-refractivity contribution in [1.29, 1.82) is 0 Å². The van der Waals surface area contributed by atoms with Crippen molar-refractivity contribution in [3.05, 3.63) is 88.1 Å². The van der Waals surface area contributed by atoms with Gasteiger partial charge in [0.25, 0.3) is 5.69 Å². The topological polar surface area (TPSA) is 93.8 Å². The van der Waals surface area contributed by atoms with E-state index < -0.39 is 0 Å². The lowest BCUT2D eigenvalue weighted by atomic mass is 10.1. The molecule has 0 aliphatic heterocycles. The highest BCUT2D eigenvalue weighted by Gasteiger charge is 2.13. The molecule has 0 amide bonds. The average molecular weight is 321 g/mol. The van der Waals surface area contributed by atoms with E-state index in [0.29, 0.717) is 24.3 Å². The predicted molar refractivity (Wildman–Crippen MR) is 89.5 cm³/mol. The van der Waals surface area contributed by atoms with E-state index in [9.17, 15) is 10.1 Å². The van der Waals surface area contributed by atoms with E-state index in [1.165, 1.54) is 12.4 Å².